The Morgan fingerprint density at radius 3 is 2.72 bits per heavy atom. The molecule has 2 rings (SSSR count). The first-order chi connectivity index (χ1) is 8.49. The van der Waals surface area contributed by atoms with Crippen LogP contribution in [0.25, 0.3) is 0 Å². The maximum absolute atomic E-state index is 12.4. The average Bonchev–Trinajstić information content (AvgIpc) is 2.77. The number of nitrogens with zero attached hydrogens (tertiary/aromatic N) is 2. The first-order valence-corrected chi connectivity index (χ1v) is 6.77. The third-order valence-electron chi connectivity index (χ3n) is 4.39. The second kappa shape index (κ2) is 5.22. The minimum Gasteiger partial charge on any atom is -0.318 e. The molecule has 1 aliphatic carbocycles. The van der Waals surface area contributed by atoms with Gasteiger partial charge in [-0.1, -0.05) is 13.8 Å². The van der Waals surface area contributed by atoms with Gasteiger partial charge in [0.05, 0.1) is 12.2 Å². The largest absolute Gasteiger partial charge is 0.318 e. The van der Waals surface area contributed by atoms with Crippen molar-refractivity contribution in [1.82, 2.24) is 9.78 Å². The zero-order chi connectivity index (χ0) is 13.3. The summed E-state index contributed by atoms with van der Waals surface area (Å²) in [5, 5.41) is 4.08. The zero-order valence-electron chi connectivity index (χ0n) is 11.5. The van der Waals surface area contributed by atoms with Crippen molar-refractivity contribution in [2.45, 2.75) is 39.2 Å². The highest BCUT2D eigenvalue weighted by molar-refractivity contribution is 5.87. The van der Waals surface area contributed by atoms with Crippen molar-refractivity contribution in [2.75, 3.05) is 0 Å². The van der Waals surface area contributed by atoms with Gasteiger partial charge < -0.3 is 5.73 Å². The predicted octanol–water partition coefficient (Wildman–Crippen LogP) is 2.06. The average molecular weight is 249 g/mol. The summed E-state index contributed by atoms with van der Waals surface area (Å²) < 4.78 is 1.69. The maximum Gasteiger partial charge on any atom is 0.157 e. The predicted molar refractivity (Wildman–Crippen MR) is 70.8 cm³/mol. The number of carbonyl (C=O) groups excluding carboxylic acids is 1. The molecule has 1 saturated carbocycles. The molecule has 1 heterocycles. The van der Waals surface area contributed by atoms with Crippen LogP contribution in [0.2, 0.25) is 0 Å². The minimum absolute atomic E-state index is 0.131. The van der Waals surface area contributed by atoms with Crippen LogP contribution in [0.4, 0.5) is 0 Å². The van der Waals surface area contributed by atoms with Gasteiger partial charge in [-0.15, -0.1) is 0 Å². The lowest BCUT2D eigenvalue weighted by atomic mass is 9.73. The molecule has 100 valence electrons. The van der Waals surface area contributed by atoms with Crippen LogP contribution in [0.15, 0.2) is 12.4 Å². The monoisotopic (exact) mass is 249 g/mol. The summed E-state index contributed by atoms with van der Waals surface area (Å²) in [5.41, 5.74) is 6.89. The van der Waals surface area contributed by atoms with Gasteiger partial charge >= 0.3 is 0 Å². The minimum atomic E-state index is -0.510. The summed E-state index contributed by atoms with van der Waals surface area (Å²) in [7, 11) is 1.84. The molecule has 4 heteroatoms. The maximum atomic E-state index is 12.4. The Balaban J connectivity index is 2.03. The van der Waals surface area contributed by atoms with E-state index < -0.39 is 6.04 Å². The van der Waals surface area contributed by atoms with Crippen LogP contribution in [0, 0.1) is 17.8 Å². The summed E-state index contributed by atoms with van der Waals surface area (Å²) >= 11 is 0. The van der Waals surface area contributed by atoms with E-state index >= 15 is 0 Å². The van der Waals surface area contributed by atoms with Gasteiger partial charge in [-0.25, -0.2) is 0 Å². The lowest BCUT2D eigenvalue weighted by molar-refractivity contribution is -0.126. The van der Waals surface area contributed by atoms with Crippen LogP contribution in [0.5, 0.6) is 0 Å². The number of aromatic nitrogens is 2. The highest BCUT2D eigenvalue weighted by Gasteiger charge is 2.32. The molecule has 0 aliphatic heterocycles. The van der Waals surface area contributed by atoms with Crippen molar-refractivity contribution >= 4 is 5.78 Å². The Morgan fingerprint density at radius 2 is 2.17 bits per heavy atom. The number of hydrogen-bond donors (Lipinski definition) is 1. The molecular formula is C14H23N3O. The van der Waals surface area contributed by atoms with E-state index in [0.29, 0.717) is 5.92 Å². The van der Waals surface area contributed by atoms with Crippen molar-refractivity contribution in [1.29, 1.82) is 0 Å². The molecular weight excluding hydrogens is 226 g/mol. The molecule has 0 bridgehead atoms. The summed E-state index contributed by atoms with van der Waals surface area (Å²) in [5.74, 6) is 1.66. The van der Waals surface area contributed by atoms with E-state index in [-0.39, 0.29) is 11.7 Å². The lowest BCUT2D eigenvalue weighted by Gasteiger charge is -2.32. The Morgan fingerprint density at radius 1 is 1.44 bits per heavy atom. The van der Waals surface area contributed by atoms with Gasteiger partial charge in [-0.2, -0.15) is 5.10 Å². The molecule has 0 saturated heterocycles. The van der Waals surface area contributed by atoms with Crippen LogP contribution in [-0.4, -0.2) is 15.6 Å². The Hall–Kier alpha value is -1.16. The standard InChI is InChI=1S/C14H23N3O/c1-9-4-5-11(6-10(9)2)14(18)13(15)12-7-16-17(3)8-12/h7-11,13H,4-6,15H2,1-3H3. The van der Waals surface area contributed by atoms with Crippen LogP contribution in [0.1, 0.15) is 44.7 Å². The lowest BCUT2D eigenvalue weighted by Crippen LogP contribution is -2.33. The number of nitrogens with two attached hydrogens (primary N) is 1. The first kappa shape index (κ1) is 13.3. The van der Waals surface area contributed by atoms with E-state index in [2.05, 4.69) is 18.9 Å². The SMILES string of the molecule is CC1CCC(C(=O)C(N)c2cnn(C)c2)CC1C. The molecule has 4 atom stereocenters. The molecule has 1 aromatic heterocycles. The quantitative estimate of drug-likeness (QED) is 0.892. The van der Waals surface area contributed by atoms with Gasteiger partial charge in [0, 0.05) is 24.7 Å². The Kier molecular flexibility index (Phi) is 3.85. The van der Waals surface area contributed by atoms with Gasteiger partial charge in [0.1, 0.15) is 0 Å². The topological polar surface area (TPSA) is 60.9 Å². The van der Waals surface area contributed by atoms with Crippen molar-refractivity contribution in [2.24, 2.45) is 30.5 Å². The summed E-state index contributed by atoms with van der Waals surface area (Å²) in [6.07, 6.45) is 6.62. The van der Waals surface area contributed by atoms with Crippen molar-refractivity contribution < 1.29 is 4.79 Å². The van der Waals surface area contributed by atoms with Crippen LogP contribution in [-0.2, 0) is 11.8 Å². The molecule has 2 N–H and O–H groups in total. The molecule has 1 fully saturated rings. The van der Waals surface area contributed by atoms with Gasteiger partial charge in [0.25, 0.3) is 0 Å². The first-order valence-electron chi connectivity index (χ1n) is 6.77. The fraction of sp³-hybridized carbons (Fsp3) is 0.714. The van der Waals surface area contributed by atoms with E-state index in [0.717, 1.165) is 30.7 Å². The Labute approximate surface area is 109 Å². The van der Waals surface area contributed by atoms with E-state index in [1.165, 1.54) is 0 Å². The van der Waals surface area contributed by atoms with E-state index in [1.54, 1.807) is 10.9 Å². The molecule has 4 nitrogen and oxygen atoms in total. The molecule has 1 aliphatic rings. The van der Waals surface area contributed by atoms with Crippen LogP contribution >= 0.6 is 0 Å². The van der Waals surface area contributed by atoms with Crippen LogP contribution < -0.4 is 5.73 Å². The normalized spacial score (nSPS) is 30.1. The highest BCUT2D eigenvalue weighted by atomic mass is 16.1. The zero-order valence-corrected chi connectivity index (χ0v) is 11.5. The number of aryl methyl sites for hydroxylation is 1. The van der Waals surface area contributed by atoms with E-state index in [1.807, 2.05) is 13.2 Å². The van der Waals surface area contributed by atoms with Gasteiger partial charge in [-0.3, -0.25) is 9.48 Å². The number of rotatable bonds is 3. The van der Waals surface area contributed by atoms with Gasteiger partial charge in [0.2, 0.25) is 0 Å². The number of ketones is 1. The van der Waals surface area contributed by atoms with Crippen molar-refractivity contribution in [3.05, 3.63) is 18.0 Å². The Bertz CT molecular complexity index is 426. The molecule has 1 aromatic rings. The second-order valence-corrected chi connectivity index (χ2v) is 5.79. The van der Waals surface area contributed by atoms with Crippen molar-refractivity contribution in [3.63, 3.8) is 0 Å². The van der Waals surface area contributed by atoms with Crippen LogP contribution in [0.3, 0.4) is 0 Å². The fourth-order valence-corrected chi connectivity index (χ4v) is 2.82. The smallest absolute Gasteiger partial charge is 0.157 e. The molecule has 0 radical (unpaired) electrons. The third kappa shape index (κ3) is 2.64. The summed E-state index contributed by atoms with van der Waals surface area (Å²) in [6, 6.07) is -0.510. The number of Topliss-reactive ketones (excluding diaryl/α,β-unsaturated/α-hetero) is 1. The molecule has 0 aromatic carbocycles. The van der Waals surface area contributed by atoms with Gasteiger partial charge in [0.15, 0.2) is 5.78 Å². The number of carbonyl (C=O) groups is 1. The molecule has 0 spiro atoms. The molecule has 0 amide bonds. The third-order valence-corrected chi connectivity index (χ3v) is 4.39. The van der Waals surface area contributed by atoms with Crippen molar-refractivity contribution in [3.8, 4) is 0 Å². The summed E-state index contributed by atoms with van der Waals surface area (Å²) in [6.45, 7) is 4.51. The summed E-state index contributed by atoms with van der Waals surface area (Å²) in [4.78, 5) is 12.4. The van der Waals surface area contributed by atoms with E-state index in [4.69, 9.17) is 5.73 Å². The highest BCUT2D eigenvalue weighted by Crippen LogP contribution is 2.35. The van der Waals surface area contributed by atoms with E-state index in [9.17, 15) is 4.79 Å². The number of hydrogen-bond acceptors (Lipinski definition) is 3. The molecule has 18 heavy (non-hydrogen) atoms. The fourth-order valence-electron chi connectivity index (χ4n) is 2.82. The van der Waals surface area contributed by atoms with Gasteiger partial charge in [-0.05, 0) is 31.1 Å². The molecule has 4 unspecified atom stereocenters. The second-order valence-electron chi connectivity index (χ2n) is 5.79.